The molecule has 0 radical (unpaired) electrons. The van der Waals surface area contributed by atoms with E-state index in [0.717, 1.165) is 44.2 Å². The first-order valence-electron chi connectivity index (χ1n) is 15.0. The second-order valence-corrected chi connectivity index (χ2v) is 11.4. The lowest BCUT2D eigenvalue weighted by Gasteiger charge is -2.36. The van der Waals surface area contributed by atoms with E-state index in [4.69, 9.17) is 4.74 Å². The van der Waals surface area contributed by atoms with E-state index in [0.29, 0.717) is 56.8 Å². The van der Waals surface area contributed by atoms with Crippen LogP contribution < -0.4 is 10.2 Å². The molecule has 3 fully saturated rings. The average Bonchev–Trinajstić information content (AvgIpc) is 3.19. The van der Waals surface area contributed by atoms with Gasteiger partial charge in [0.15, 0.2) is 0 Å². The first-order chi connectivity index (χ1) is 19.0. The van der Waals surface area contributed by atoms with Gasteiger partial charge in [0.1, 0.15) is 0 Å². The molecule has 1 aliphatic carbocycles. The molecule has 9 nitrogen and oxygen atoms in total. The van der Waals surface area contributed by atoms with Crippen LogP contribution in [-0.2, 0) is 9.53 Å². The van der Waals surface area contributed by atoms with Crippen molar-refractivity contribution >= 4 is 29.5 Å². The number of fused-ring (bicyclic) bond motifs is 1. The van der Waals surface area contributed by atoms with E-state index in [1.807, 2.05) is 12.1 Å². The first kappa shape index (κ1) is 27.5. The summed E-state index contributed by atoms with van der Waals surface area (Å²) in [6.07, 6.45) is 10.1. The fourth-order valence-corrected chi connectivity index (χ4v) is 6.70. The van der Waals surface area contributed by atoms with E-state index in [2.05, 4.69) is 10.2 Å². The highest BCUT2D eigenvalue weighted by molar-refractivity contribution is 6.24. The molecule has 1 N–H and O–H groups in total. The summed E-state index contributed by atoms with van der Waals surface area (Å²) >= 11 is 0. The number of carbonyl (C=O) groups excluding carboxylic acids is 4. The average molecular weight is 539 g/mol. The van der Waals surface area contributed by atoms with Crippen molar-refractivity contribution in [2.45, 2.75) is 89.6 Å². The van der Waals surface area contributed by atoms with Crippen molar-refractivity contribution in [1.29, 1.82) is 0 Å². The van der Waals surface area contributed by atoms with E-state index in [1.165, 1.54) is 19.3 Å². The normalized spacial score (nSPS) is 21.9. The lowest BCUT2D eigenvalue weighted by Crippen LogP contribution is -2.49. The molecule has 3 aliphatic heterocycles. The van der Waals surface area contributed by atoms with Crippen LogP contribution in [0.25, 0.3) is 0 Å². The summed E-state index contributed by atoms with van der Waals surface area (Å²) in [6, 6.07) is 5.67. The van der Waals surface area contributed by atoms with Crippen molar-refractivity contribution in [3.05, 3.63) is 29.3 Å². The molecule has 3 heterocycles. The number of hydrogen-bond donors (Lipinski definition) is 1. The van der Waals surface area contributed by atoms with E-state index in [9.17, 15) is 19.2 Å². The molecule has 5 rings (SSSR count). The molecule has 212 valence electrons. The minimum atomic E-state index is -0.282. The lowest BCUT2D eigenvalue weighted by molar-refractivity contribution is -0.126. The number of likely N-dealkylation sites (tertiary alicyclic amines) is 1. The summed E-state index contributed by atoms with van der Waals surface area (Å²) in [5, 5.41) is 3.20. The maximum Gasteiger partial charge on any atom is 0.409 e. The standard InChI is InChI=1S/C30H42N4O5/c1-2-39-30(38)33-19-15-22(16-20-33)31-27(35)21-13-17-32(18-14-21)25-12-8-11-24-26(25)29(37)34(28(24)36)23-9-6-4-3-5-7-10-23/h8,11-12,21-23H,2-7,9-10,13-20H2,1H3,(H,31,35). The number of rotatable bonds is 5. The van der Waals surface area contributed by atoms with Crippen LogP contribution in [0.15, 0.2) is 18.2 Å². The Morgan fingerprint density at radius 1 is 0.872 bits per heavy atom. The predicted molar refractivity (Wildman–Crippen MR) is 148 cm³/mol. The Labute approximate surface area is 231 Å². The van der Waals surface area contributed by atoms with Gasteiger partial charge in [0.25, 0.3) is 11.8 Å². The number of benzene rings is 1. The third-order valence-electron chi connectivity index (χ3n) is 8.94. The molecule has 4 amide bonds. The van der Waals surface area contributed by atoms with Crippen molar-refractivity contribution in [3.8, 4) is 0 Å². The summed E-state index contributed by atoms with van der Waals surface area (Å²) in [5.74, 6) is -0.301. The molecule has 1 aromatic rings. The van der Waals surface area contributed by atoms with E-state index in [1.54, 1.807) is 22.8 Å². The third kappa shape index (κ3) is 5.92. The summed E-state index contributed by atoms with van der Waals surface area (Å²) in [4.78, 5) is 57.4. The van der Waals surface area contributed by atoms with Crippen LogP contribution in [0.5, 0.6) is 0 Å². The first-order valence-corrected chi connectivity index (χ1v) is 15.0. The Morgan fingerprint density at radius 2 is 1.54 bits per heavy atom. The molecule has 1 saturated carbocycles. The summed E-state index contributed by atoms with van der Waals surface area (Å²) < 4.78 is 5.08. The Kier molecular flexibility index (Phi) is 8.72. The highest BCUT2D eigenvalue weighted by atomic mass is 16.6. The minimum Gasteiger partial charge on any atom is -0.450 e. The molecule has 0 bridgehead atoms. The van der Waals surface area contributed by atoms with Gasteiger partial charge < -0.3 is 19.9 Å². The second-order valence-electron chi connectivity index (χ2n) is 11.4. The van der Waals surface area contributed by atoms with E-state index < -0.39 is 0 Å². The van der Waals surface area contributed by atoms with Crippen molar-refractivity contribution in [1.82, 2.24) is 15.1 Å². The topological polar surface area (TPSA) is 99.3 Å². The highest BCUT2D eigenvalue weighted by Gasteiger charge is 2.42. The number of nitrogens with zero attached hydrogens (tertiary/aromatic N) is 3. The number of nitrogens with one attached hydrogen (secondary N) is 1. The molecule has 4 aliphatic rings. The zero-order valence-electron chi connectivity index (χ0n) is 23.2. The van der Waals surface area contributed by atoms with Crippen LogP contribution in [0, 0.1) is 5.92 Å². The number of anilines is 1. The monoisotopic (exact) mass is 538 g/mol. The Morgan fingerprint density at radius 3 is 2.21 bits per heavy atom. The van der Waals surface area contributed by atoms with Gasteiger partial charge >= 0.3 is 6.09 Å². The molecular weight excluding hydrogens is 496 g/mol. The van der Waals surface area contributed by atoms with Crippen LogP contribution in [0.2, 0.25) is 0 Å². The zero-order valence-corrected chi connectivity index (χ0v) is 23.2. The maximum atomic E-state index is 13.6. The van der Waals surface area contributed by atoms with Gasteiger partial charge in [0.05, 0.1) is 23.4 Å². The number of ether oxygens (including phenoxy) is 1. The number of piperidine rings is 2. The summed E-state index contributed by atoms with van der Waals surface area (Å²) in [5.41, 5.74) is 1.89. The van der Waals surface area contributed by atoms with Crippen LogP contribution in [0.1, 0.15) is 98.3 Å². The predicted octanol–water partition coefficient (Wildman–Crippen LogP) is 4.35. The summed E-state index contributed by atoms with van der Waals surface area (Å²) in [6.45, 7) is 4.68. The van der Waals surface area contributed by atoms with Crippen molar-refractivity contribution in [3.63, 3.8) is 0 Å². The number of imide groups is 1. The van der Waals surface area contributed by atoms with E-state index in [-0.39, 0.29) is 41.8 Å². The van der Waals surface area contributed by atoms with Crippen LogP contribution in [0.3, 0.4) is 0 Å². The van der Waals surface area contributed by atoms with Crippen LogP contribution >= 0.6 is 0 Å². The maximum absolute atomic E-state index is 13.6. The Balaban J connectivity index is 1.17. The number of amides is 4. The molecule has 0 unspecified atom stereocenters. The highest BCUT2D eigenvalue weighted by Crippen LogP contribution is 2.36. The third-order valence-corrected chi connectivity index (χ3v) is 8.94. The molecule has 9 heteroatoms. The molecule has 2 saturated heterocycles. The van der Waals surface area contributed by atoms with Crippen LogP contribution in [-0.4, -0.2) is 78.5 Å². The number of carbonyl (C=O) groups is 4. The molecular formula is C30H42N4O5. The SMILES string of the molecule is CCOC(=O)N1CCC(NC(=O)C2CCN(c3cccc4c3C(=O)N(C3CCCCCCC3)C4=O)CC2)CC1. The van der Waals surface area contributed by atoms with Gasteiger partial charge in [-0.2, -0.15) is 0 Å². The van der Waals surface area contributed by atoms with Gasteiger partial charge in [-0.15, -0.1) is 0 Å². The van der Waals surface area contributed by atoms with Gasteiger partial charge in [-0.25, -0.2) is 4.79 Å². The van der Waals surface area contributed by atoms with E-state index >= 15 is 0 Å². The Bertz CT molecular complexity index is 1070. The lowest BCUT2D eigenvalue weighted by atomic mass is 9.93. The van der Waals surface area contributed by atoms with Gasteiger partial charge in [-0.3, -0.25) is 19.3 Å². The largest absolute Gasteiger partial charge is 0.450 e. The number of hydrogen-bond acceptors (Lipinski definition) is 6. The quantitative estimate of drug-likeness (QED) is 0.560. The van der Waals surface area contributed by atoms with Crippen molar-refractivity contribution in [2.24, 2.45) is 5.92 Å². The minimum absolute atomic E-state index is 0.0101. The molecule has 0 atom stereocenters. The molecule has 0 spiro atoms. The fourth-order valence-electron chi connectivity index (χ4n) is 6.70. The molecule has 1 aromatic carbocycles. The fraction of sp³-hybridized carbons (Fsp3) is 0.667. The van der Waals surface area contributed by atoms with Gasteiger partial charge in [0, 0.05) is 44.2 Å². The van der Waals surface area contributed by atoms with Gasteiger partial charge in [0.2, 0.25) is 5.91 Å². The van der Waals surface area contributed by atoms with Crippen LogP contribution in [0.4, 0.5) is 10.5 Å². The summed E-state index contributed by atoms with van der Waals surface area (Å²) in [7, 11) is 0. The van der Waals surface area contributed by atoms with Gasteiger partial charge in [-0.05, 0) is 57.6 Å². The second kappa shape index (κ2) is 12.4. The van der Waals surface area contributed by atoms with Crippen molar-refractivity contribution in [2.75, 3.05) is 37.7 Å². The van der Waals surface area contributed by atoms with Crippen molar-refractivity contribution < 1.29 is 23.9 Å². The smallest absolute Gasteiger partial charge is 0.409 e. The molecule has 39 heavy (non-hydrogen) atoms. The Hall–Kier alpha value is -3.10. The van der Waals surface area contributed by atoms with Gasteiger partial charge in [-0.1, -0.05) is 38.2 Å². The molecule has 0 aromatic heterocycles. The zero-order chi connectivity index (χ0) is 27.4.